The number of carbonyl (C=O) groups is 1. The number of aliphatic hydroxyl groups excluding tert-OH is 1. The van der Waals surface area contributed by atoms with E-state index in [2.05, 4.69) is 22.3 Å². The third kappa shape index (κ3) is 5.05. The summed E-state index contributed by atoms with van der Waals surface area (Å²) in [4.78, 5) is 14.9. The molecule has 1 saturated heterocycles. The number of piperidine rings is 1. The van der Waals surface area contributed by atoms with Crippen LogP contribution in [-0.2, 0) is 11.2 Å². The number of benzene rings is 1. The summed E-state index contributed by atoms with van der Waals surface area (Å²) >= 11 is 0. The van der Waals surface area contributed by atoms with Crippen LogP contribution in [0.2, 0.25) is 0 Å². The summed E-state index contributed by atoms with van der Waals surface area (Å²) in [5, 5.41) is 13.5. The van der Waals surface area contributed by atoms with E-state index in [0.717, 1.165) is 51.6 Å². The summed E-state index contributed by atoms with van der Waals surface area (Å²) in [5.74, 6) is 0.167. The number of likely N-dealkylation sites (tertiary alicyclic amines) is 1. The molecular weight excluding hydrogens is 312 g/mol. The Balaban J connectivity index is 1.43. The van der Waals surface area contributed by atoms with Gasteiger partial charge >= 0.3 is 0 Å². The zero-order valence-corrected chi connectivity index (χ0v) is 15.4. The molecule has 1 aromatic rings. The lowest BCUT2D eigenvalue weighted by atomic mass is 9.89. The highest BCUT2D eigenvalue weighted by molar-refractivity contribution is 5.78. The fourth-order valence-corrected chi connectivity index (χ4v) is 4.30. The molecule has 1 aliphatic carbocycles. The highest BCUT2D eigenvalue weighted by Crippen LogP contribution is 2.26. The van der Waals surface area contributed by atoms with Gasteiger partial charge in [-0.1, -0.05) is 50.1 Å². The number of carbonyl (C=O) groups excluding carboxylic acids is 1. The highest BCUT2D eigenvalue weighted by atomic mass is 16.3. The second-order valence-electron chi connectivity index (χ2n) is 7.83. The molecule has 138 valence electrons. The van der Waals surface area contributed by atoms with Gasteiger partial charge in [-0.15, -0.1) is 0 Å². The minimum absolute atomic E-state index is 0.000552. The Morgan fingerprint density at radius 3 is 2.52 bits per heavy atom. The first-order valence-corrected chi connectivity index (χ1v) is 9.90. The molecule has 2 aliphatic rings. The summed E-state index contributed by atoms with van der Waals surface area (Å²) in [6, 6.07) is 10.8. The Hall–Kier alpha value is -1.39. The topological polar surface area (TPSA) is 52.6 Å². The molecule has 1 aromatic carbocycles. The van der Waals surface area contributed by atoms with Gasteiger partial charge in [-0.05, 0) is 37.7 Å². The maximum Gasteiger partial charge on any atom is 0.223 e. The molecule has 2 fully saturated rings. The lowest BCUT2D eigenvalue weighted by Gasteiger charge is -2.41. The van der Waals surface area contributed by atoms with Crippen molar-refractivity contribution in [3.63, 3.8) is 0 Å². The smallest absolute Gasteiger partial charge is 0.223 e. The molecule has 0 aromatic heterocycles. The van der Waals surface area contributed by atoms with Gasteiger partial charge in [0, 0.05) is 31.1 Å². The van der Waals surface area contributed by atoms with Crippen LogP contribution in [0.25, 0.3) is 0 Å². The van der Waals surface area contributed by atoms with Gasteiger partial charge in [0.15, 0.2) is 0 Å². The van der Waals surface area contributed by atoms with E-state index in [1.807, 2.05) is 25.1 Å². The molecule has 3 rings (SSSR count). The molecular formula is C21H32N2O2. The van der Waals surface area contributed by atoms with Crippen molar-refractivity contribution < 1.29 is 9.90 Å². The maximum atomic E-state index is 12.5. The van der Waals surface area contributed by atoms with Gasteiger partial charge in [-0.3, -0.25) is 9.69 Å². The van der Waals surface area contributed by atoms with Crippen molar-refractivity contribution in [1.82, 2.24) is 10.2 Å². The Bertz CT molecular complexity index is 540. The quantitative estimate of drug-likeness (QED) is 0.863. The third-order valence-corrected chi connectivity index (χ3v) is 5.87. The van der Waals surface area contributed by atoms with Gasteiger partial charge in [0.1, 0.15) is 0 Å². The van der Waals surface area contributed by atoms with Crippen LogP contribution in [-0.4, -0.2) is 47.2 Å². The molecule has 0 radical (unpaired) electrons. The predicted molar refractivity (Wildman–Crippen MR) is 100 cm³/mol. The van der Waals surface area contributed by atoms with Gasteiger partial charge in [-0.2, -0.15) is 0 Å². The van der Waals surface area contributed by atoms with Crippen molar-refractivity contribution in [3.05, 3.63) is 35.9 Å². The van der Waals surface area contributed by atoms with Crippen molar-refractivity contribution in [2.24, 2.45) is 5.92 Å². The summed E-state index contributed by atoms with van der Waals surface area (Å²) in [5.41, 5.74) is 1.21. The molecule has 25 heavy (non-hydrogen) atoms. The lowest BCUT2D eigenvalue weighted by Crippen LogP contribution is -2.52. The van der Waals surface area contributed by atoms with E-state index in [-0.39, 0.29) is 24.0 Å². The van der Waals surface area contributed by atoms with Crippen LogP contribution in [0.3, 0.4) is 0 Å². The number of hydrogen-bond donors (Lipinski definition) is 2. The molecule has 1 aliphatic heterocycles. The molecule has 0 spiro atoms. The van der Waals surface area contributed by atoms with Crippen LogP contribution in [0, 0.1) is 5.92 Å². The molecule has 3 atom stereocenters. The normalized spacial score (nSPS) is 27.0. The molecule has 3 unspecified atom stereocenters. The monoisotopic (exact) mass is 344 g/mol. The van der Waals surface area contributed by atoms with E-state index in [9.17, 15) is 9.90 Å². The third-order valence-electron chi connectivity index (χ3n) is 5.87. The summed E-state index contributed by atoms with van der Waals surface area (Å²) < 4.78 is 0. The highest BCUT2D eigenvalue weighted by Gasteiger charge is 2.32. The largest absolute Gasteiger partial charge is 0.391 e. The van der Waals surface area contributed by atoms with E-state index >= 15 is 0 Å². The van der Waals surface area contributed by atoms with Gasteiger partial charge < -0.3 is 10.4 Å². The molecule has 1 amide bonds. The van der Waals surface area contributed by atoms with Crippen molar-refractivity contribution in [2.75, 3.05) is 13.1 Å². The Morgan fingerprint density at radius 1 is 1.16 bits per heavy atom. The lowest BCUT2D eigenvalue weighted by molar-refractivity contribution is -0.125. The Labute approximate surface area is 151 Å². The van der Waals surface area contributed by atoms with E-state index in [1.54, 1.807) is 0 Å². The standard InChI is InChI=1S/C21H32N2O2/c1-16(15-17-7-3-2-4-8-17)21(25)22-18-11-13-23(14-12-18)19-9-5-6-10-20(19)24/h2-4,7-8,16,18-20,24H,5-6,9-15H2,1H3,(H,22,25). The minimum atomic E-state index is -0.161. The van der Waals surface area contributed by atoms with E-state index in [1.165, 1.54) is 12.0 Å². The number of amides is 1. The summed E-state index contributed by atoms with van der Waals surface area (Å²) in [7, 11) is 0. The molecule has 0 bridgehead atoms. The number of rotatable bonds is 5. The second kappa shape index (κ2) is 8.81. The van der Waals surface area contributed by atoms with Gasteiger partial charge in [0.25, 0.3) is 0 Å². The number of aliphatic hydroxyl groups is 1. The van der Waals surface area contributed by atoms with Gasteiger partial charge in [-0.25, -0.2) is 0 Å². The van der Waals surface area contributed by atoms with Gasteiger partial charge in [0.05, 0.1) is 6.10 Å². The van der Waals surface area contributed by atoms with Crippen LogP contribution in [0.4, 0.5) is 0 Å². The molecule has 1 heterocycles. The fourth-order valence-electron chi connectivity index (χ4n) is 4.30. The Kier molecular flexibility index (Phi) is 6.49. The molecule has 4 nitrogen and oxygen atoms in total. The molecule has 1 saturated carbocycles. The zero-order valence-electron chi connectivity index (χ0n) is 15.4. The molecule has 4 heteroatoms. The first kappa shape index (κ1) is 18.4. The molecule has 2 N–H and O–H groups in total. The van der Waals surface area contributed by atoms with E-state index in [0.29, 0.717) is 6.04 Å². The van der Waals surface area contributed by atoms with Crippen molar-refractivity contribution in [3.8, 4) is 0 Å². The number of hydrogen-bond acceptors (Lipinski definition) is 3. The average molecular weight is 344 g/mol. The maximum absolute atomic E-state index is 12.5. The van der Waals surface area contributed by atoms with E-state index < -0.39 is 0 Å². The zero-order chi connectivity index (χ0) is 17.6. The van der Waals surface area contributed by atoms with Gasteiger partial charge in [0.2, 0.25) is 5.91 Å². The second-order valence-corrected chi connectivity index (χ2v) is 7.83. The Morgan fingerprint density at radius 2 is 1.84 bits per heavy atom. The van der Waals surface area contributed by atoms with Crippen LogP contribution in [0.5, 0.6) is 0 Å². The summed E-state index contributed by atoms with van der Waals surface area (Å²) in [6.07, 6.45) is 7.06. The number of nitrogens with one attached hydrogen (secondary N) is 1. The van der Waals surface area contributed by atoms with Crippen molar-refractivity contribution in [1.29, 1.82) is 0 Å². The van der Waals surface area contributed by atoms with Crippen LogP contribution in [0.1, 0.15) is 51.0 Å². The predicted octanol–water partition coefficient (Wildman–Crippen LogP) is 2.75. The van der Waals surface area contributed by atoms with Crippen LogP contribution < -0.4 is 5.32 Å². The number of nitrogens with zero attached hydrogens (tertiary/aromatic N) is 1. The summed E-state index contributed by atoms with van der Waals surface area (Å²) in [6.45, 7) is 3.98. The fraction of sp³-hybridized carbons (Fsp3) is 0.667. The SMILES string of the molecule is CC(Cc1ccccc1)C(=O)NC1CCN(C2CCCCC2O)CC1. The van der Waals surface area contributed by atoms with Crippen molar-refractivity contribution >= 4 is 5.91 Å². The first-order valence-electron chi connectivity index (χ1n) is 9.90. The first-order chi connectivity index (χ1) is 12.1. The van der Waals surface area contributed by atoms with Crippen molar-refractivity contribution in [2.45, 2.75) is 70.1 Å². The van der Waals surface area contributed by atoms with Crippen LogP contribution in [0.15, 0.2) is 30.3 Å². The minimum Gasteiger partial charge on any atom is -0.391 e. The average Bonchev–Trinajstić information content (AvgIpc) is 2.64. The van der Waals surface area contributed by atoms with Crippen LogP contribution >= 0.6 is 0 Å². The van der Waals surface area contributed by atoms with E-state index in [4.69, 9.17) is 0 Å².